The van der Waals surface area contributed by atoms with Crippen molar-refractivity contribution in [3.05, 3.63) is 23.3 Å². The number of rotatable bonds is 1. The number of ether oxygens (including phenoxy) is 1. The molecule has 5 rings (SSSR count). The zero-order chi connectivity index (χ0) is 15.1. The molecule has 4 nitrogen and oxygen atoms in total. The minimum atomic E-state index is -0.0812. The second kappa shape index (κ2) is 4.05. The topological polar surface area (TPSA) is 49.8 Å². The average molecular weight is 299 g/mol. The standard InChI is InChI=1S/C18H21NO3/c1-19-7-6-18-12-4-2-11(9-20)17(18)22-16-14(21)5-3-10(15(16)18)8-13(12)19/h3,5,9,11-13,17,21H,2,4,6-8H2,1H3/t11?,12-,13+,17-,18-/m0/s1. The van der Waals surface area contributed by atoms with Crippen LogP contribution in [0.25, 0.3) is 0 Å². The number of phenols is 1. The zero-order valence-corrected chi connectivity index (χ0v) is 12.8. The van der Waals surface area contributed by atoms with Crippen LogP contribution in [0.15, 0.2) is 12.1 Å². The summed E-state index contributed by atoms with van der Waals surface area (Å²) in [6.45, 7) is 1.04. The van der Waals surface area contributed by atoms with E-state index in [-0.39, 0.29) is 23.2 Å². The summed E-state index contributed by atoms with van der Waals surface area (Å²) in [5, 5.41) is 10.3. The van der Waals surface area contributed by atoms with Crippen LogP contribution < -0.4 is 4.74 Å². The van der Waals surface area contributed by atoms with Gasteiger partial charge in [0.15, 0.2) is 11.5 Å². The maximum Gasteiger partial charge on any atom is 0.165 e. The largest absolute Gasteiger partial charge is 0.504 e. The molecule has 0 aromatic heterocycles. The van der Waals surface area contributed by atoms with Crippen molar-refractivity contribution >= 4 is 6.29 Å². The van der Waals surface area contributed by atoms with Crippen LogP contribution in [0.4, 0.5) is 0 Å². The van der Waals surface area contributed by atoms with Crippen LogP contribution in [0.5, 0.6) is 11.5 Å². The fourth-order valence-electron chi connectivity index (χ4n) is 5.92. The lowest BCUT2D eigenvalue weighted by Crippen LogP contribution is -2.65. The van der Waals surface area contributed by atoms with E-state index in [9.17, 15) is 9.90 Å². The molecule has 5 atom stereocenters. The first-order valence-electron chi connectivity index (χ1n) is 8.34. The van der Waals surface area contributed by atoms with Crippen molar-refractivity contribution in [2.75, 3.05) is 13.6 Å². The van der Waals surface area contributed by atoms with Crippen molar-refractivity contribution in [3.63, 3.8) is 0 Å². The smallest absolute Gasteiger partial charge is 0.165 e. The molecule has 1 unspecified atom stereocenters. The first kappa shape index (κ1) is 12.9. The molecule has 2 fully saturated rings. The lowest BCUT2D eigenvalue weighted by molar-refractivity contribution is -0.122. The van der Waals surface area contributed by atoms with Crippen molar-refractivity contribution in [1.29, 1.82) is 0 Å². The molecule has 1 saturated carbocycles. The van der Waals surface area contributed by atoms with Gasteiger partial charge < -0.3 is 19.5 Å². The predicted molar refractivity (Wildman–Crippen MR) is 81.2 cm³/mol. The number of phenolic OH excluding ortho intramolecular Hbond substituents is 1. The number of carbonyl (C=O) groups is 1. The monoisotopic (exact) mass is 299 g/mol. The van der Waals surface area contributed by atoms with Gasteiger partial charge in [0.2, 0.25) is 0 Å². The number of hydrogen-bond acceptors (Lipinski definition) is 4. The first-order valence-corrected chi connectivity index (χ1v) is 8.34. The molecule has 1 saturated heterocycles. The number of likely N-dealkylation sites (tertiary alicyclic amines) is 1. The van der Waals surface area contributed by atoms with Crippen molar-refractivity contribution in [1.82, 2.24) is 4.90 Å². The average Bonchev–Trinajstić information content (AvgIpc) is 2.88. The molecule has 1 aromatic rings. The summed E-state index contributed by atoms with van der Waals surface area (Å²) in [6.07, 6.45) is 5.07. The number of hydrogen-bond donors (Lipinski definition) is 1. The van der Waals surface area contributed by atoms with Gasteiger partial charge in [-0.3, -0.25) is 0 Å². The summed E-state index contributed by atoms with van der Waals surface area (Å²) in [5.74, 6) is 1.41. The van der Waals surface area contributed by atoms with E-state index in [0.717, 1.165) is 38.5 Å². The normalized spacial score (nSPS) is 41.7. The maximum atomic E-state index is 11.6. The second-order valence-corrected chi connectivity index (χ2v) is 7.51. The molecule has 2 heterocycles. The molecule has 116 valence electrons. The Balaban J connectivity index is 1.80. The summed E-state index contributed by atoms with van der Waals surface area (Å²) in [4.78, 5) is 14.1. The van der Waals surface area contributed by atoms with Crippen molar-refractivity contribution in [2.45, 2.75) is 43.2 Å². The number of likely N-dealkylation sites (N-methyl/N-ethyl adjacent to an activating group) is 1. The second-order valence-electron chi connectivity index (χ2n) is 7.51. The van der Waals surface area contributed by atoms with E-state index in [4.69, 9.17) is 4.74 Å². The quantitative estimate of drug-likeness (QED) is 0.804. The lowest BCUT2D eigenvalue weighted by Gasteiger charge is -2.58. The molecular formula is C18H21NO3. The van der Waals surface area contributed by atoms with Gasteiger partial charge in [-0.05, 0) is 56.8 Å². The van der Waals surface area contributed by atoms with Gasteiger partial charge in [0.1, 0.15) is 12.4 Å². The molecule has 2 aliphatic heterocycles. The molecular weight excluding hydrogens is 278 g/mol. The third kappa shape index (κ3) is 1.27. The molecule has 0 amide bonds. The fourth-order valence-corrected chi connectivity index (χ4v) is 5.92. The highest BCUT2D eigenvalue weighted by atomic mass is 16.5. The summed E-state index contributed by atoms with van der Waals surface area (Å²) < 4.78 is 6.25. The lowest BCUT2D eigenvalue weighted by atomic mass is 9.50. The van der Waals surface area contributed by atoms with Crippen LogP contribution in [0.2, 0.25) is 0 Å². The van der Waals surface area contributed by atoms with E-state index < -0.39 is 0 Å². The van der Waals surface area contributed by atoms with Crippen LogP contribution in [-0.2, 0) is 16.6 Å². The van der Waals surface area contributed by atoms with Gasteiger partial charge in [-0.25, -0.2) is 0 Å². The molecule has 0 radical (unpaired) electrons. The zero-order valence-electron chi connectivity index (χ0n) is 12.8. The van der Waals surface area contributed by atoms with E-state index in [2.05, 4.69) is 18.0 Å². The number of nitrogens with zero attached hydrogens (tertiary/aromatic N) is 1. The van der Waals surface area contributed by atoms with Crippen LogP contribution in [0.1, 0.15) is 30.4 Å². The third-order valence-corrected chi connectivity index (χ3v) is 6.82. The van der Waals surface area contributed by atoms with E-state index in [1.54, 1.807) is 6.07 Å². The molecule has 4 heteroatoms. The van der Waals surface area contributed by atoms with E-state index >= 15 is 0 Å². The van der Waals surface area contributed by atoms with Crippen LogP contribution in [-0.4, -0.2) is 42.0 Å². The minimum absolute atomic E-state index is 0.0435. The Labute approximate surface area is 130 Å². The summed E-state index contributed by atoms with van der Waals surface area (Å²) in [6, 6.07) is 4.36. The van der Waals surface area contributed by atoms with Gasteiger partial charge >= 0.3 is 0 Å². The Morgan fingerprint density at radius 3 is 3.09 bits per heavy atom. The number of aldehydes is 1. The van der Waals surface area contributed by atoms with Crippen LogP contribution in [0, 0.1) is 11.8 Å². The third-order valence-electron chi connectivity index (χ3n) is 6.82. The molecule has 2 aliphatic carbocycles. The minimum Gasteiger partial charge on any atom is -0.504 e. The fraction of sp³-hybridized carbons (Fsp3) is 0.611. The predicted octanol–water partition coefficient (Wildman–Crippen LogP) is 1.88. The van der Waals surface area contributed by atoms with Gasteiger partial charge in [0, 0.05) is 17.0 Å². The highest BCUT2D eigenvalue weighted by Gasteiger charge is 2.65. The Kier molecular flexibility index (Phi) is 2.38. The number of carbonyl (C=O) groups excluding carboxylic acids is 1. The van der Waals surface area contributed by atoms with Crippen molar-refractivity contribution in [3.8, 4) is 11.5 Å². The summed E-state index contributed by atoms with van der Waals surface area (Å²) in [5.41, 5.74) is 2.50. The molecule has 1 aromatic carbocycles. The highest BCUT2D eigenvalue weighted by molar-refractivity contribution is 5.64. The number of benzene rings is 1. The van der Waals surface area contributed by atoms with Gasteiger partial charge in [-0.15, -0.1) is 0 Å². The Hall–Kier alpha value is -1.55. The Morgan fingerprint density at radius 2 is 2.27 bits per heavy atom. The number of piperidine rings is 1. The molecule has 22 heavy (non-hydrogen) atoms. The van der Waals surface area contributed by atoms with Crippen LogP contribution in [0.3, 0.4) is 0 Å². The first-order chi connectivity index (χ1) is 10.7. The van der Waals surface area contributed by atoms with Crippen molar-refractivity contribution < 1.29 is 14.6 Å². The molecule has 2 bridgehead atoms. The Morgan fingerprint density at radius 1 is 1.41 bits per heavy atom. The molecule has 1 N–H and O–H groups in total. The van der Waals surface area contributed by atoms with Crippen LogP contribution >= 0.6 is 0 Å². The molecule has 1 spiro atoms. The maximum absolute atomic E-state index is 11.6. The van der Waals surface area contributed by atoms with Gasteiger partial charge in [-0.2, -0.15) is 0 Å². The highest BCUT2D eigenvalue weighted by Crippen LogP contribution is 2.64. The summed E-state index contributed by atoms with van der Waals surface area (Å²) in [7, 11) is 2.22. The molecule has 4 aliphatic rings. The van der Waals surface area contributed by atoms with E-state index in [0.29, 0.717) is 17.7 Å². The van der Waals surface area contributed by atoms with Gasteiger partial charge in [0.25, 0.3) is 0 Å². The van der Waals surface area contributed by atoms with Gasteiger partial charge in [0.05, 0.1) is 5.92 Å². The summed E-state index contributed by atoms with van der Waals surface area (Å²) >= 11 is 0. The van der Waals surface area contributed by atoms with Gasteiger partial charge in [-0.1, -0.05) is 6.07 Å². The Bertz CT molecular complexity index is 673. The number of aromatic hydroxyl groups is 1. The van der Waals surface area contributed by atoms with Crippen molar-refractivity contribution in [2.24, 2.45) is 11.8 Å². The van der Waals surface area contributed by atoms with E-state index in [1.807, 2.05) is 0 Å². The SMILES string of the molecule is CN1CC[C@]23c4c5ccc(O)c4O[C@H]2C(C=O)CC[C@H]3[C@H]1C5. The van der Waals surface area contributed by atoms with E-state index in [1.165, 1.54) is 11.1 Å².